The van der Waals surface area contributed by atoms with Gasteiger partial charge in [-0.2, -0.15) is 0 Å². The van der Waals surface area contributed by atoms with E-state index in [1.807, 2.05) is 0 Å². The van der Waals surface area contributed by atoms with Crippen molar-refractivity contribution < 1.29 is 0 Å². The van der Waals surface area contributed by atoms with Gasteiger partial charge in [-0.05, 0) is 112 Å². The second-order valence-corrected chi connectivity index (χ2v) is 14.9. The Bertz CT molecular complexity index is 3270. The maximum absolute atomic E-state index is 2.45. The van der Waals surface area contributed by atoms with Crippen LogP contribution < -0.4 is 4.90 Å². The van der Waals surface area contributed by atoms with E-state index < -0.39 is 0 Å². The Morgan fingerprint density at radius 3 is 1.61 bits per heavy atom. The van der Waals surface area contributed by atoms with E-state index in [1.54, 1.807) is 0 Å². The van der Waals surface area contributed by atoms with Gasteiger partial charge in [-0.25, -0.2) is 0 Å². The average molecular weight is 724 g/mol. The normalized spacial score (nSPS) is 11.5. The molecule has 11 aromatic rings. The first-order valence-corrected chi connectivity index (χ1v) is 19.7. The third-order valence-electron chi connectivity index (χ3n) is 11.6. The molecule has 0 aliphatic heterocycles. The number of benzene rings is 11. The van der Waals surface area contributed by atoms with E-state index >= 15 is 0 Å². The van der Waals surface area contributed by atoms with Gasteiger partial charge in [0, 0.05) is 16.8 Å². The maximum Gasteiger partial charge on any atom is 0.0540 e. The molecule has 1 nitrogen and oxygen atoms in total. The van der Waals surface area contributed by atoms with Gasteiger partial charge < -0.3 is 4.90 Å². The first-order valence-electron chi connectivity index (χ1n) is 19.7. The molecule has 0 unspecified atom stereocenters. The lowest BCUT2D eigenvalue weighted by Gasteiger charge is -2.29. The Morgan fingerprint density at radius 2 is 0.825 bits per heavy atom. The highest BCUT2D eigenvalue weighted by molar-refractivity contribution is 6.23. The van der Waals surface area contributed by atoms with Gasteiger partial charge in [-0.1, -0.05) is 194 Å². The Kier molecular flexibility index (Phi) is 7.89. The summed E-state index contributed by atoms with van der Waals surface area (Å²) in [5.41, 5.74) is 10.6. The summed E-state index contributed by atoms with van der Waals surface area (Å²) in [4.78, 5) is 2.45. The van der Waals surface area contributed by atoms with Gasteiger partial charge in [0.25, 0.3) is 0 Å². The van der Waals surface area contributed by atoms with Gasteiger partial charge in [-0.3, -0.25) is 0 Å². The zero-order valence-corrected chi connectivity index (χ0v) is 31.3. The number of hydrogen-bond acceptors (Lipinski definition) is 1. The Labute approximate surface area is 332 Å². The average Bonchev–Trinajstić information content (AvgIpc) is 3.29. The molecule has 0 atom stereocenters. The fourth-order valence-corrected chi connectivity index (χ4v) is 8.95. The molecule has 0 aliphatic carbocycles. The lowest BCUT2D eigenvalue weighted by Crippen LogP contribution is -2.11. The van der Waals surface area contributed by atoms with Crippen LogP contribution in [0.3, 0.4) is 0 Å². The Hall–Kier alpha value is -7.48. The number of anilines is 3. The first kappa shape index (κ1) is 32.9. The zero-order chi connectivity index (χ0) is 37.7. The molecule has 0 saturated heterocycles. The lowest BCUT2D eigenvalue weighted by atomic mass is 9.90. The summed E-state index contributed by atoms with van der Waals surface area (Å²) in [6.07, 6.45) is 0. The smallest absolute Gasteiger partial charge is 0.0540 e. The topological polar surface area (TPSA) is 3.24 Å². The second kappa shape index (κ2) is 13.7. The van der Waals surface area contributed by atoms with Gasteiger partial charge in [0.05, 0.1) is 5.69 Å². The van der Waals surface area contributed by atoms with Crippen LogP contribution in [0.1, 0.15) is 0 Å². The van der Waals surface area contributed by atoms with Gasteiger partial charge in [-0.15, -0.1) is 0 Å². The molecule has 0 heterocycles. The van der Waals surface area contributed by atoms with E-state index in [-0.39, 0.29) is 0 Å². The summed E-state index contributed by atoms with van der Waals surface area (Å²) in [6, 6.07) is 82.1. The van der Waals surface area contributed by atoms with Crippen LogP contribution in [0.4, 0.5) is 17.1 Å². The van der Waals surface area contributed by atoms with E-state index in [1.165, 1.54) is 87.2 Å². The molecule has 57 heavy (non-hydrogen) atoms. The predicted molar refractivity (Wildman–Crippen MR) is 245 cm³/mol. The van der Waals surface area contributed by atoms with Crippen molar-refractivity contribution in [1.82, 2.24) is 0 Å². The van der Waals surface area contributed by atoms with E-state index in [4.69, 9.17) is 0 Å². The molecule has 0 saturated carbocycles. The number of hydrogen-bond donors (Lipinski definition) is 0. The summed E-state index contributed by atoms with van der Waals surface area (Å²) in [7, 11) is 0. The minimum absolute atomic E-state index is 1.10. The minimum atomic E-state index is 1.10. The Balaban J connectivity index is 1.17. The van der Waals surface area contributed by atoms with E-state index in [9.17, 15) is 0 Å². The number of nitrogens with zero attached hydrogens (tertiary/aromatic N) is 1. The van der Waals surface area contributed by atoms with Crippen LogP contribution >= 0.6 is 0 Å². The van der Waals surface area contributed by atoms with E-state index in [2.05, 4.69) is 229 Å². The van der Waals surface area contributed by atoms with Crippen molar-refractivity contribution in [2.45, 2.75) is 0 Å². The SMILES string of the molecule is c1ccc(-c2ccc(N(c3cc(-c4cccc5c4ccc4ccc6ccccc6c45)c4ccccc4c3)c3ccc(-c4ccccc4)c4ccccc34)cc2)cc1. The summed E-state index contributed by atoms with van der Waals surface area (Å²) in [5.74, 6) is 0. The van der Waals surface area contributed by atoms with Crippen LogP contribution in [-0.2, 0) is 0 Å². The van der Waals surface area contributed by atoms with Crippen LogP contribution in [0.25, 0.3) is 87.2 Å². The molecule has 0 radical (unpaired) electrons. The van der Waals surface area contributed by atoms with Crippen LogP contribution in [-0.4, -0.2) is 0 Å². The standard InChI is InChI=1S/C56H37N/c1-3-14-38(15-4-1)39-28-31-44(32-29-39)57(55-35-34-47(40-16-5-2-6-17-40)49-22-11-12-23-52(49)55)45-36-43-19-8-9-20-46(43)54(37-45)50-24-13-25-53-51(50)33-30-42-27-26-41-18-7-10-21-48(41)56(42)53/h1-37H. The fourth-order valence-electron chi connectivity index (χ4n) is 8.95. The molecule has 11 rings (SSSR count). The molecular formula is C56H37N. The van der Waals surface area contributed by atoms with Gasteiger partial charge in [0.2, 0.25) is 0 Å². The van der Waals surface area contributed by atoms with Gasteiger partial charge >= 0.3 is 0 Å². The monoisotopic (exact) mass is 723 g/mol. The molecule has 0 amide bonds. The molecule has 0 aromatic heterocycles. The highest BCUT2D eigenvalue weighted by Gasteiger charge is 2.20. The van der Waals surface area contributed by atoms with Gasteiger partial charge in [0.1, 0.15) is 0 Å². The number of rotatable bonds is 6. The molecule has 1 heteroatoms. The summed E-state index contributed by atoms with van der Waals surface area (Å²) < 4.78 is 0. The van der Waals surface area contributed by atoms with Crippen molar-refractivity contribution in [3.63, 3.8) is 0 Å². The molecule has 0 bridgehead atoms. The Morgan fingerprint density at radius 1 is 0.246 bits per heavy atom. The molecular weight excluding hydrogens is 687 g/mol. The van der Waals surface area contributed by atoms with Crippen LogP contribution in [0.2, 0.25) is 0 Å². The first-order chi connectivity index (χ1) is 28.3. The van der Waals surface area contributed by atoms with Crippen molar-refractivity contribution in [2.75, 3.05) is 4.90 Å². The molecule has 266 valence electrons. The summed E-state index contributed by atoms with van der Waals surface area (Å²) in [6.45, 7) is 0. The molecule has 0 spiro atoms. The maximum atomic E-state index is 2.45. The van der Waals surface area contributed by atoms with Crippen molar-refractivity contribution in [3.05, 3.63) is 224 Å². The van der Waals surface area contributed by atoms with Crippen LogP contribution in [0.5, 0.6) is 0 Å². The second-order valence-electron chi connectivity index (χ2n) is 14.9. The number of fused-ring (bicyclic) bond motifs is 7. The molecule has 0 aliphatic rings. The molecule has 11 aromatic carbocycles. The lowest BCUT2D eigenvalue weighted by molar-refractivity contribution is 1.30. The highest BCUT2D eigenvalue weighted by Crippen LogP contribution is 2.46. The van der Waals surface area contributed by atoms with Gasteiger partial charge in [0.15, 0.2) is 0 Å². The summed E-state index contributed by atoms with van der Waals surface area (Å²) >= 11 is 0. The fraction of sp³-hybridized carbons (Fsp3) is 0. The molecule has 0 fully saturated rings. The van der Waals surface area contributed by atoms with Crippen molar-refractivity contribution in [1.29, 1.82) is 0 Å². The van der Waals surface area contributed by atoms with Crippen molar-refractivity contribution >= 4 is 70.9 Å². The third-order valence-corrected chi connectivity index (χ3v) is 11.6. The van der Waals surface area contributed by atoms with E-state index in [0.29, 0.717) is 0 Å². The molecule has 0 N–H and O–H groups in total. The largest absolute Gasteiger partial charge is 0.310 e. The quantitative estimate of drug-likeness (QED) is 0.154. The highest BCUT2D eigenvalue weighted by atomic mass is 15.1. The van der Waals surface area contributed by atoms with Crippen LogP contribution in [0.15, 0.2) is 224 Å². The van der Waals surface area contributed by atoms with E-state index in [0.717, 1.165) is 17.1 Å². The summed E-state index contributed by atoms with van der Waals surface area (Å²) in [5, 5.41) is 12.5. The van der Waals surface area contributed by atoms with Crippen molar-refractivity contribution in [2.24, 2.45) is 0 Å². The minimum Gasteiger partial charge on any atom is -0.310 e. The third kappa shape index (κ3) is 5.63. The zero-order valence-electron chi connectivity index (χ0n) is 31.3. The van der Waals surface area contributed by atoms with Crippen molar-refractivity contribution in [3.8, 4) is 33.4 Å². The van der Waals surface area contributed by atoms with Crippen LogP contribution in [0, 0.1) is 0 Å². The predicted octanol–water partition coefficient (Wildman–Crippen LogP) is 15.9.